The van der Waals surface area contributed by atoms with Crippen molar-refractivity contribution in [2.45, 2.75) is 24.3 Å². The molecule has 0 amide bonds. The number of methoxy groups -OCH3 is 1. The van der Waals surface area contributed by atoms with Crippen molar-refractivity contribution in [3.63, 3.8) is 0 Å². The first-order chi connectivity index (χ1) is 13.0. The Labute approximate surface area is 159 Å². The minimum atomic E-state index is -3.83. The predicted octanol–water partition coefficient (Wildman–Crippen LogP) is 3.28. The molecule has 142 valence electrons. The van der Waals surface area contributed by atoms with Gasteiger partial charge in [0.1, 0.15) is 5.75 Å². The molecule has 0 aromatic heterocycles. The molecule has 0 N–H and O–H groups in total. The summed E-state index contributed by atoms with van der Waals surface area (Å²) >= 11 is 0. The zero-order valence-corrected chi connectivity index (χ0v) is 16.0. The largest absolute Gasteiger partial charge is 0.497 e. The monoisotopic (exact) mass is 387 g/mol. The number of benzene rings is 2. The highest BCUT2D eigenvalue weighted by Gasteiger charge is 2.43. The Morgan fingerprint density at radius 2 is 1.81 bits per heavy atom. The summed E-state index contributed by atoms with van der Waals surface area (Å²) in [7, 11) is -2.31. The molecule has 7 heteroatoms. The van der Waals surface area contributed by atoms with Crippen molar-refractivity contribution in [1.29, 1.82) is 0 Å². The van der Waals surface area contributed by atoms with Crippen molar-refractivity contribution >= 4 is 16.0 Å². The van der Waals surface area contributed by atoms with Crippen LogP contribution in [-0.2, 0) is 19.6 Å². The van der Waals surface area contributed by atoms with E-state index in [2.05, 4.69) is 0 Å². The Balaban J connectivity index is 1.99. The van der Waals surface area contributed by atoms with E-state index in [1.807, 2.05) is 30.3 Å². The molecule has 0 aliphatic carbocycles. The van der Waals surface area contributed by atoms with Crippen molar-refractivity contribution in [3.8, 4) is 5.75 Å². The van der Waals surface area contributed by atoms with Crippen LogP contribution in [-0.4, -0.2) is 32.4 Å². The highest BCUT2D eigenvalue weighted by Crippen LogP contribution is 2.45. The van der Waals surface area contributed by atoms with Gasteiger partial charge < -0.3 is 9.47 Å². The van der Waals surface area contributed by atoms with Crippen molar-refractivity contribution < 1.29 is 22.7 Å². The first-order valence-corrected chi connectivity index (χ1v) is 10.0. The van der Waals surface area contributed by atoms with Gasteiger partial charge in [0.25, 0.3) is 10.0 Å². The maximum Gasteiger partial charge on any atom is 0.332 e. The van der Waals surface area contributed by atoms with Crippen molar-refractivity contribution in [3.05, 3.63) is 71.9 Å². The number of hydrogen-bond acceptors (Lipinski definition) is 5. The number of esters is 1. The number of hydrogen-bond donors (Lipinski definition) is 0. The highest BCUT2D eigenvalue weighted by molar-refractivity contribution is 7.89. The Kier molecular flexibility index (Phi) is 5.51. The molecule has 0 radical (unpaired) electrons. The molecule has 2 aromatic rings. The van der Waals surface area contributed by atoms with Gasteiger partial charge in [0.2, 0.25) is 0 Å². The number of nitrogens with zero attached hydrogens (tertiary/aromatic N) is 1. The van der Waals surface area contributed by atoms with E-state index in [0.717, 1.165) is 5.56 Å². The quantitative estimate of drug-likeness (QED) is 0.562. The van der Waals surface area contributed by atoms with E-state index in [1.54, 1.807) is 19.1 Å². The minimum Gasteiger partial charge on any atom is -0.497 e. The van der Waals surface area contributed by atoms with Gasteiger partial charge in [-0.25, -0.2) is 13.2 Å². The fourth-order valence-electron chi connectivity index (χ4n) is 3.01. The second kappa shape index (κ2) is 7.84. The van der Waals surface area contributed by atoms with Crippen LogP contribution in [0, 0.1) is 0 Å². The molecule has 1 heterocycles. The normalized spacial score (nSPS) is 18.1. The summed E-state index contributed by atoms with van der Waals surface area (Å²) < 4.78 is 37.8. The summed E-state index contributed by atoms with van der Waals surface area (Å²) in [5.74, 6) is 0.0217. The van der Waals surface area contributed by atoms with Gasteiger partial charge in [-0.05, 0) is 36.8 Å². The zero-order valence-electron chi connectivity index (χ0n) is 15.2. The van der Waals surface area contributed by atoms with Gasteiger partial charge in [0.15, 0.2) is 0 Å². The standard InChI is InChI=1S/C20H21NO5S/c1-3-26-20(22)14-16-13-19(15-7-5-4-6-8-15)21(16)27(23,24)18-11-9-17(25-2)10-12-18/h4-12,14,19H,3,13H2,1-2H3/b16-14+/t19-/m1/s1. The van der Waals surface area contributed by atoms with Crippen molar-refractivity contribution in [1.82, 2.24) is 4.31 Å². The molecule has 6 nitrogen and oxygen atoms in total. The fraction of sp³-hybridized carbons (Fsp3) is 0.250. The van der Waals surface area contributed by atoms with Crippen LogP contribution in [0.15, 0.2) is 71.3 Å². The van der Waals surface area contributed by atoms with Crippen LogP contribution in [0.2, 0.25) is 0 Å². The van der Waals surface area contributed by atoms with Gasteiger partial charge in [0, 0.05) is 18.2 Å². The molecule has 3 rings (SSSR count). The van der Waals surface area contributed by atoms with Gasteiger partial charge in [-0.2, -0.15) is 0 Å². The number of ether oxygens (including phenoxy) is 2. The lowest BCUT2D eigenvalue weighted by molar-refractivity contribution is -0.137. The highest BCUT2D eigenvalue weighted by atomic mass is 32.2. The van der Waals surface area contributed by atoms with Crippen molar-refractivity contribution in [2.75, 3.05) is 13.7 Å². The molecule has 1 aliphatic rings. The number of sulfonamides is 1. The summed E-state index contributed by atoms with van der Waals surface area (Å²) in [6, 6.07) is 15.2. The maximum atomic E-state index is 13.2. The average molecular weight is 387 g/mol. The van der Waals surface area contributed by atoms with Crippen LogP contribution in [0.25, 0.3) is 0 Å². The second-order valence-electron chi connectivity index (χ2n) is 5.99. The Morgan fingerprint density at radius 1 is 1.15 bits per heavy atom. The second-order valence-corrected chi connectivity index (χ2v) is 7.81. The third-order valence-corrected chi connectivity index (χ3v) is 6.22. The molecule has 27 heavy (non-hydrogen) atoms. The van der Waals surface area contributed by atoms with E-state index in [0.29, 0.717) is 17.9 Å². The van der Waals surface area contributed by atoms with Gasteiger partial charge in [-0.1, -0.05) is 30.3 Å². The molecule has 0 spiro atoms. The van der Waals surface area contributed by atoms with E-state index in [1.165, 1.54) is 29.6 Å². The molecule has 0 bridgehead atoms. The van der Waals surface area contributed by atoms with Crippen molar-refractivity contribution in [2.24, 2.45) is 0 Å². The molecule has 2 aromatic carbocycles. The number of rotatable bonds is 6. The van der Waals surface area contributed by atoms with E-state index in [9.17, 15) is 13.2 Å². The lowest BCUT2D eigenvalue weighted by Crippen LogP contribution is -2.43. The summed E-state index contributed by atoms with van der Waals surface area (Å²) in [6.07, 6.45) is 1.70. The lowest BCUT2D eigenvalue weighted by atomic mass is 9.94. The van der Waals surface area contributed by atoms with Gasteiger partial charge in [0.05, 0.1) is 24.7 Å². The summed E-state index contributed by atoms with van der Waals surface area (Å²) in [4.78, 5) is 12.0. The summed E-state index contributed by atoms with van der Waals surface area (Å²) in [5.41, 5.74) is 1.29. The lowest BCUT2D eigenvalue weighted by Gasteiger charge is -2.44. The zero-order chi connectivity index (χ0) is 19.4. The van der Waals surface area contributed by atoms with E-state index >= 15 is 0 Å². The summed E-state index contributed by atoms with van der Waals surface area (Å²) in [6.45, 7) is 1.94. The average Bonchev–Trinajstić information content (AvgIpc) is 2.65. The maximum absolute atomic E-state index is 13.2. The van der Waals surface area contributed by atoms with Gasteiger partial charge in [-0.15, -0.1) is 0 Å². The molecular weight excluding hydrogens is 366 g/mol. The third kappa shape index (κ3) is 3.83. The van der Waals surface area contributed by atoms with E-state index in [4.69, 9.17) is 9.47 Å². The van der Waals surface area contributed by atoms with Crippen LogP contribution >= 0.6 is 0 Å². The van der Waals surface area contributed by atoms with Gasteiger partial charge in [-0.3, -0.25) is 4.31 Å². The molecule has 0 unspecified atom stereocenters. The van der Waals surface area contributed by atoms with Crippen LogP contribution in [0.5, 0.6) is 5.75 Å². The van der Waals surface area contributed by atoms with E-state index in [-0.39, 0.29) is 17.5 Å². The smallest absolute Gasteiger partial charge is 0.332 e. The minimum absolute atomic E-state index is 0.138. The fourth-order valence-corrected chi connectivity index (χ4v) is 4.69. The SMILES string of the molecule is CCOC(=O)/C=C1\C[C@H](c2ccccc2)N1S(=O)(=O)c1ccc(OC)cc1. The molecular formula is C20H21NO5S. The van der Waals surface area contributed by atoms with E-state index < -0.39 is 16.0 Å². The number of carbonyl (C=O) groups is 1. The van der Waals surface area contributed by atoms with Crippen LogP contribution in [0.1, 0.15) is 24.9 Å². The summed E-state index contributed by atoms with van der Waals surface area (Å²) in [5, 5.41) is 0. The van der Waals surface area contributed by atoms with Crippen LogP contribution < -0.4 is 4.74 Å². The third-order valence-electron chi connectivity index (χ3n) is 4.34. The van der Waals surface area contributed by atoms with Crippen LogP contribution in [0.4, 0.5) is 0 Å². The Hall–Kier alpha value is -2.80. The van der Waals surface area contributed by atoms with Crippen LogP contribution in [0.3, 0.4) is 0 Å². The first-order valence-electron chi connectivity index (χ1n) is 8.58. The predicted molar refractivity (Wildman–Crippen MR) is 101 cm³/mol. The molecule has 1 fully saturated rings. The topological polar surface area (TPSA) is 72.9 Å². The molecule has 0 saturated carbocycles. The Morgan fingerprint density at radius 3 is 2.41 bits per heavy atom. The van der Waals surface area contributed by atoms with Gasteiger partial charge >= 0.3 is 5.97 Å². The molecule has 1 saturated heterocycles. The first kappa shape index (κ1) is 19.0. The molecule has 1 atom stereocenters. The number of carbonyl (C=O) groups excluding carboxylic acids is 1. The molecule has 1 aliphatic heterocycles. The Bertz CT molecular complexity index is 936.